The van der Waals surface area contributed by atoms with Gasteiger partial charge in [0.1, 0.15) is 6.04 Å². The van der Waals surface area contributed by atoms with Crippen LogP contribution in [0.5, 0.6) is 0 Å². The van der Waals surface area contributed by atoms with E-state index in [0.717, 1.165) is 6.07 Å². The highest BCUT2D eigenvalue weighted by Crippen LogP contribution is 2.19. The predicted molar refractivity (Wildman–Crippen MR) is 57.0 cm³/mol. The SMILES string of the molecule is C[C@H](NCc1cccc([N+](=O)[O-])c1F)C(=O)O. The van der Waals surface area contributed by atoms with Crippen LogP contribution in [-0.4, -0.2) is 22.0 Å². The number of nitro benzene ring substituents is 1. The van der Waals surface area contributed by atoms with Gasteiger partial charge in [0.2, 0.25) is 5.82 Å². The number of carbonyl (C=O) groups is 1. The first-order valence-corrected chi connectivity index (χ1v) is 4.81. The van der Waals surface area contributed by atoms with Gasteiger partial charge in [-0.3, -0.25) is 14.9 Å². The minimum Gasteiger partial charge on any atom is -0.480 e. The number of rotatable bonds is 5. The molecule has 0 saturated carbocycles. The number of aliphatic carboxylic acids is 1. The van der Waals surface area contributed by atoms with E-state index in [2.05, 4.69) is 5.32 Å². The van der Waals surface area contributed by atoms with Gasteiger partial charge in [-0.2, -0.15) is 4.39 Å². The van der Waals surface area contributed by atoms with Crippen LogP contribution in [0.3, 0.4) is 0 Å². The van der Waals surface area contributed by atoms with Gasteiger partial charge >= 0.3 is 11.7 Å². The molecular formula is C10H11FN2O4. The average molecular weight is 242 g/mol. The monoisotopic (exact) mass is 242 g/mol. The van der Waals surface area contributed by atoms with E-state index in [-0.39, 0.29) is 12.1 Å². The van der Waals surface area contributed by atoms with Crippen LogP contribution in [0.15, 0.2) is 18.2 Å². The molecule has 0 heterocycles. The Hall–Kier alpha value is -2.02. The number of hydrogen-bond donors (Lipinski definition) is 2. The van der Waals surface area contributed by atoms with Crippen LogP contribution in [0.4, 0.5) is 10.1 Å². The third-order valence-electron chi connectivity index (χ3n) is 2.22. The molecule has 0 unspecified atom stereocenters. The zero-order valence-electron chi connectivity index (χ0n) is 9.01. The molecule has 2 N–H and O–H groups in total. The molecule has 0 saturated heterocycles. The summed E-state index contributed by atoms with van der Waals surface area (Å²) in [5.41, 5.74) is -0.556. The van der Waals surface area contributed by atoms with E-state index in [1.807, 2.05) is 0 Å². The van der Waals surface area contributed by atoms with E-state index in [1.54, 1.807) is 0 Å². The van der Waals surface area contributed by atoms with Gasteiger partial charge < -0.3 is 10.4 Å². The fourth-order valence-corrected chi connectivity index (χ4v) is 1.19. The Balaban J connectivity index is 2.82. The van der Waals surface area contributed by atoms with Crippen molar-refractivity contribution >= 4 is 11.7 Å². The Morgan fingerprint density at radius 3 is 2.82 bits per heavy atom. The molecule has 1 rings (SSSR count). The van der Waals surface area contributed by atoms with Crippen molar-refractivity contribution in [3.8, 4) is 0 Å². The Kier molecular flexibility index (Phi) is 4.11. The molecule has 1 aromatic rings. The number of carboxylic acid groups (broad SMARTS) is 1. The fourth-order valence-electron chi connectivity index (χ4n) is 1.19. The lowest BCUT2D eigenvalue weighted by atomic mass is 10.1. The summed E-state index contributed by atoms with van der Waals surface area (Å²) in [5.74, 6) is -2.02. The smallest absolute Gasteiger partial charge is 0.320 e. The molecular weight excluding hydrogens is 231 g/mol. The summed E-state index contributed by atoms with van der Waals surface area (Å²) in [6, 6.07) is 2.92. The normalized spacial score (nSPS) is 12.1. The first-order chi connectivity index (χ1) is 7.93. The molecule has 0 bridgehead atoms. The number of nitrogens with zero attached hydrogens (tertiary/aromatic N) is 1. The van der Waals surface area contributed by atoms with Crippen molar-refractivity contribution in [1.82, 2.24) is 5.32 Å². The number of hydrogen-bond acceptors (Lipinski definition) is 4. The van der Waals surface area contributed by atoms with Crippen molar-refractivity contribution in [3.05, 3.63) is 39.7 Å². The van der Waals surface area contributed by atoms with Crippen molar-refractivity contribution in [1.29, 1.82) is 0 Å². The van der Waals surface area contributed by atoms with Crippen LogP contribution in [0.25, 0.3) is 0 Å². The molecule has 0 amide bonds. The van der Waals surface area contributed by atoms with Crippen LogP contribution in [-0.2, 0) is 11.3 Å². The molecule has 1 aromatic carbocycles. The maximum absolute atomic E-state index is 13.5. The Morgan fingerprint density at radius 1 is 1.65 bits per heavy atom. The van der Waals surface area contributed by atoms with Gasteiger partial charge in [-0.15, -0.1) is 0 Å². The maximum Gasteiger partial charge on any atom is 0.320 e. The van der Waals surface area contributed by atoms with Crippen LogP contribution in [0.1, 0.15) is 12.5 Å². The van der Waals surface area contributed by atoms with Gasteiger partial charge in [0.05, 0.1) is 4.92 Å². The molecule has 0 fully saturated rings. The molecule has 0 aliphatic rings. The van der Waals surface area contributed by atoms with E-state index in [1.165, 1.54) is 19.1 Å². The van der Waals surface area contributed by atoms with Crippen LogP contribution in [0, 0.1) is 15.9 Å². The third kappa shape index (κ3) is 3.22. The second kappa shape index (κ2) is 5.35. The number of carboxylic acids is 1. The van der Waals surface area contributed by atoms with Crippen molar-refractivity contribution < 1.29 is 19.2 Å². The molecule has 0 aliphatic carbocycles. The molecule has 0 radical (unpaired) electrons. The molecule has 17 heavy (non-hydrogen) atoms. The summed E-state index contributed by atoms with van der Waals surface area (Å²) in [7, 11) is 0. The summed E-state index contributed by atoms with van der Waals surface area (Å²) >= 11 is 0. The van der Waals surface area contributed by atoms with Crippen molar-refractivity contribution in [2.24, 2.45) is 0 Å². The fraction of sp³-hybridized carbons (Fsp3) is 0.300. The average Bonchev–Trinajstić information content (AvgIpc) is 2.26. The topological polar surface area (TPSA) is 92.5 Å². The summed E-state index contributed by atoms with van der Waals surface area (Å²) in [6.07, 6.45) is 0. The summed E-state index contributed by atoms with van der Waals surface area (Å²) in [6.45, 7) is 1.32. The lowest BCUT2D eigenvalue weighted by molar-refractivity contribution is -0.387. The highest BCUT2D eigenvalue weighted by Gasteiger charge is 2.18. The number of nitrogens with one attached hydrogen (secondary N) is 1. The quantitative estimate of drug-likeness (QED) is 0.599. The van der Waals surface area contributed by atoms with E-state index in [9.17, 15) is 19.3 Å². The van der Waals surface area contributed by atoms with Crippen molar-refractivity contribution in [2.75, 3.05) is 0 Å². The second-order valence-corrected chi connectivity index (χ2v) is 3.45. The summed E-state index contributed by atoms with van der Waals surface area (Å²) < 4.78 is 13.5. The largest absolute Gasteiger partial charge is 0.480 e. The van der Waals surface area contributed by atoms with Gasteiger partial charge in [0, 0.05) is 18.2 Å². The lowest BCUT2D eigenvalue weighted by Crippen LogP contribution is -2.33. The number of benzene rings is 1. The maximum atomic E-state index is 13.5. The van der Waals surface area contributed by atoms with Crippen molar-refractivity contribution in [3.63, 3.8) is 0 Å². The third-order valence-corrected chi connectivity index (χ3v) is 2.22. The molecule has 92 valence electrons. The standard InChI is InChI=1S/C10H11FN2O4/c1-6(10(14)15)12-5-7-3-2-4-8(9(7)11)13(16)17/h2-4,6,12H,5H2,1H3,(H,14,15)/t6-/m0/s1. The molecule has 1 atom stereocenters. The zero-order valence-corrected chi connectivity index (χ0v) is 9.01. The van der Waals surface area contributed by atoms with Crippen molar-refractivity contribution in [2.45, 2.75) is 19.5 Å². The predicted octanol–water partition coefficient (Wildman–Crippen LogP) is 1.30. The van der Waals surface area contributed by atoms with Gasteiger partial charge in [-0.25, -0.2) is 0 Å². The van der Waals surface area contributed by atoms with Gasteiger partial charge in [-0.05, 0) is 6.92 Å². The minimum atomic E-state index is -1.07. The lowest BCUT2D eigenvalue weighted by Gasteiger charge is -2.09. The van der Waals surface area contributed by atoms with E-state index >= 15 is 0 Å². The highest BCUT2D eigenvalue weighted by molar-refractivity contribution is 5.72. The Labute approximate surface area is 96.2 Å². The van der Waals surface area contributed by atoms with Gasteiger partial charge in [0.15, 0.2) is 0 Å². The Morgan fingerprint density at radius 2 is 2.29 bits per heavy atom. The molecule has 0 aliphatic heterocycles. The number of halogens is 1. The Bertz CT molecular complexity index is 450. The summed E-state index contributed by atoms with van der Waals surface area (Å²) in [4.78, 5) is 20.2. The first kappa shape index (κ1) is 13.0. The van der Waals surface area contributed by atoms with E-state index < -0.39 is 28.4 Å². The first-order valence-electron chi connectivity index (χ1n) is 4.81. The van der Waals surface area contributed by atoms with Crippen LogP contribution in [0.2, 0.25) is 0 Å². The molecule has 0 aromatic heterocycles. The van der Waals surface area contributed by atoms with E-state index in [0.29, 0.717) is 0 Å². The van der Waals surface area contributed by atoms with Gasteiger partial charge in [0.25, 0.3) is 0 Å². The molecule has 0 spiro atoms. The van der Waals surface area contributed by atoms with Crippen LogP contribution >= 0.6 is 0 Å². The minimum absolute atomic E-state index is 0.0623. The molecule has 6 nitrogen and oxygen atoms in total. The number of nitro groups is 1. The second-order valence-electron chi connectivity index (χ2n) is 3.45. The van der Waals surface area contributed by atoms with E-state index in [4.69, 9.17) is 5.11 Å². The zero-order chi connectivity index (χ0) is 13.0. The van der Waals surface area contributed by atoms with Gasteiger partial charge in [-0.1, -0.05) is 12.1 Å². The van der Waals surface area contributed by atoms with Crippen LogP contribution < -0.4 is 5.32 Å². The highest BCUT2D eigenvalue weighted by atomic mass is 19.1. The summed E-state index contributed by atoms with van der Waals surface area (Å²) in [5, 5.41) is 21.6. The molecule has 7 heteroatoms.